The molecule has 0 spiro atoms. The van der Waals surface area contributed by atoms with E-state index in [9.17, 15) is 9.90 Å². The van der Waals surface area contributed by atoms with Crippen LogP contribution in [0.5, 0.6) is 11.5 Å². The fraction of sp³-hybridized carbons (Fsp3) is 0.222. The average molecular weight is 182 g/mol. The molecule has 1 rings (SSSR count). The molecule has 4 heteroatoms. The summed E-state index contributed by atoms with van der Waals surface area (Å²) >= 11 is 0. The van der Waals surface area contributed by atoms with Gasteiger partial charge >= 0.3 is 0 Å². The number of aromatic hydroxyl groups is 1. The van der Waals surface area contributed by atoms with Gasteiger partial charge in [0.05, 0.1) is 19.3 Å². The van der Waals surface area contributed by atoms with Crippen LogP contribution in [-0.4, -0.2) is 23.6 Å². The third-order valence-electron chi connectivity index (χ3n) is 1.72. The van der Waals surface area contributed by atoms with Gasteiger partial charge in [-0.15, -0.1) is 0 Å². The molecule has 0 bridgehead atoms. The van der Waals surface area contributed by atoms with E-state index in [1.807, 2.05) is 0 Å². The summed E-state index contributed by atoms with van der Waals surface area (Å²) in [6.45, 7) is -0.329. The number of ether oxygens (including phenoxy) is 1. The molecular formula is C9H10O4. The number of methoxy groups -OCH3 is 1. The lowest BCUT2D eigenvalue weighted by molar-refractivity contribution is 0.112. The summed E-state index contributed by atoms with van der Waals surface area (Å²) in [7, 11) is 1.45. The lowest BCUT2D eigenvalue weighted by Crippen LogP contribution is -1.93. The second-order valence-electron chi connectivity index (χ2n) is 2.50. The highest BCUT2D eigenvalue weighted by Gasteiger charge is 2.08. The van der Waals surface area contributed by atoms with Crippen molar-refractivity contribution in [2.75, 3.05) is 7.11 Å². The Morgan fingerprint density at radius 2 is 2.23 bits per heavy atom. The fourth-order valence-corrected chi connectivity index (χ4v) is 1.02. The van der Waals surface area contributed by atoms with Crippen molar-refractivity contribution in [3.05, 3.63) is 23.3 Å². The number of hydrogen-bond donors (Lipinski definition) is 2. The van der Waals surface area contributed by atoms with Crippen LogP contribution in [0.3, 0.4) is 0 Å². The van der Waals surface area contributed by atoms with Crippen LogP contribution in [0.25, 0.3) is 0 Å². The zero-order valence-electron chi connectivity index (χ0n) is 7.15. The Morgan fingerprint density at radius 1 is 1.54 bits per heavy atom. The molecule has 0 heterocycles. The molecule has 2 N–H and O–H groups in total. The molecule has 70 valence electrons. The Hall–Kier alpha value is -1.55. The standard InChI is InChI=1S/C9H10O4/c1-13-8-2-6(4-10)9(12)7(3-8)5-11/h2-4,11-12H,5H2,1H3. The Bertz CT molecular complexity index is 320. The molecule has 0 fully saturated rings. The summed E-state index contributed by atoms with van der Waals surface area (Å²) in [4.78, 5) is 10.5. The number of aliphatic hydroxyl groups excluding tert-OH is 1. The van der Waals surface area contributed by atoms with E-state index in [2.05, 4.69) is 0 Å². The molecule has 0 saturated heterocycles. The monoisotopic (exact) mass is 182 g/mol. The molecule has 0 saturated carbocycles. The third-order valence-corrected chi connectivity index (χ3v) is 1.72. The molecule has 0 atom stereocenters. The van der Waals surface area contributed by atoms with Crippen LogP contribution in [0.2, 0.25) is 0 Å². The number of carbonyl (C=O) groups is 1. The minimum atomic E-state index is -0.329. The molecule has 0 aromatic heterocycles. The normalized spacial score (nSPS) is 9.69. The highest BCUT2D eigenvalue weighted by Crippen LogP contribution is 2.26. The van der Waals surface area contributed by atoms with Gasteiger partial charge in [-0.3, -0.25) is 4.79 Å². The number of phenols is 1. The van der Waals surface area contributed by atoms with Gasteiger partial charge in [0.25, 0.3) is 0 Å². The number of aldehydes is 1. The van der Waals surface area contributed by atoms with Crippen molar-refractivity contribution in [2.45, 2.75) is 6.61 Å². The molecule has 0 aliphatic carbocycles. The van der Waals surface area contributed by atoms with E-state index >= 15 is 0 Å². The summed E-state index contributed by atoms with van der Waals surface area (Å²) in [5, 5.41) is 18.2. The van der Waals surface area contributed by atoms with Crippen molar-refractivity contribution in [1.29, 1.82) is 0 Å². The van der Waals surface area contributed by atoms with E-state index in [0.29, 0.717) is 12.0 Å². The van der Waals surface area contributed by atoms with Crippen molar-refractivity contribution in [3.63, 3.8) is 0 Å². The summed E-state index contributed by atoms with van der Waals surface area (Å²) in [6, 6.07) is 2.88. The first-order valence-electron chi connectivity index (χ1n) is 3.68. The highest BCUT2D eigenvalue weighted by atomic mass is 16.5. The van der Waals surface area contributed by atoms with Crippen LogP contribution in [0.4, 0.5) is 0 Å². The number of aliphatic hydroxyl groups is 1. The van der Waals surface area contributed by atoms with E-state index in [1.165, 1.54) is 19.2 Å². The van der Waals surface area contributed by atoms with Crippen LogP contribution >= 0.6 is 0 Å². The fourth-order valence-electron chi connectivity index (χ4n) is 1.02. The van der Waals surface area contributed by atoms with Crippen molar-refractivity contribution in [3.8, 4) is 11.5 Å². The molecule has 4 nitrogen and oxygen atoms in total. The van der Waals surface area contributed by atoms with Gasteiger partial charge in [-0.1, -0.05) is 0 Å². The van der Waals surface area contributed by atoms with Gasteiger partial charge in [0.2, 0.25) is 0 Å². The second-order valence-corrected chi connectivity index (χ2v) is 2.50. The molecular weight excluding hydrogens is 172 g/mol. The summed E-state index contributed by atoms with van der Waals surface area (Å²) in [5.41, 5.74) is 0.393. The molecule has 0 aliphatic heterocycles. The van der Waals surface area contributed by atoms with Gasteiger partial charge in [-0.25, -0.2) is 0 Å². The smallest absolute Gasteiger partial charge is 0.153 e. The van der Waals surface area contributed by atoms with Crippen molar-refractivity contribution >= 4 is 6.29 Å². The Morgan fingerprint density at radius 3 is 2.69 bits per heavy atom. The van der Waals surface area contributed by atoms with Crippen LogP contribution in [-0.2, 0) is 6.61 Å². The van der Waals surface area contributed by atoms with E-state index in [4.69, 9.17) is 9.84 Å². The minimum absolute atomic E-state index is 0.114. The second kappa shape index (κ2) is 3.91. The van der Waals surface area contributed by atoms with Crippen molar-refractivity contribution in [1.82, 2.24) is 0 Å². The van der Waals surface area contributed by atoms with Crippen LogP contribution in [0.15, 0.2) is 12.1 Å². The minimum Gasteiger partial charge on any atom is -0.507 e. The molecule has 13 heavy (non-hydrogen) atoms. The zero-order chi connectivity index (χ0) is 9.84. The third kappa shape index (κ3) is 1.78. The van der Waals surface area contributed by atoms with Gasteiger partial charge in [-0.2, -0.15) is 0 Å². The van der Waals surface area contributed by atoms with Gasteiger partial charge in [0.1, 0.15) is 11.5 Å². The summed E-state index contributed by atoms with van der Waals surface area (Å²) in [5.74, 6) is 0.238. The number of hydrogen-bond acceptors (Lipinski definition) is 4. The average Bonchev–Trinajstić information content (AvgIpc) is 2.18. The lowest BCUT2D eigenvalue weighted by Gasteiger charge is -2.06. The van der Waals surface area contributed by atoms with Crippen molar-refractivity contribution < 1.29 is 19.7 Å². The first-order chi connectivity index (χ1) is 6.22. The Labute approximate surface area is 75.4 Å². The molecule has 0 unspecified atom stereocenters. The van der Waals surface area contributed by atoms with E-state index in [1.54, 1.807) is 0 Å². The van der Waals surface area contributed by atoms with E-state index in [-0.39, 0.29) is 23.5 Å². The molecule has 1 aromatic carbocycles. The first-order valence-corrected chi connectivity index (χ1v) is 3.68. The van der Waals surface area contributed by atoms with E-state index in [0.717, 1.165) is 0 Å². The zero-order valence-corrected chi connectivity index (χ0v) is 7.15. The molecule has 0 amide bonds. The summed E-state index contributed by atoms with van der Waals surface area (Å²) < 4.78 is 4.87. The maximum atomic E-state index is 10.5. The van der Waals surface area contributed by atoms with Crippen LogP contribution in [0.1, 0.15) is 15.9 Å². The number of benzene rings is 1. The van der Waals surface area contributed by atoms with Gasteiger partial charge < -0.3 is 14.9 Å². The topological polar surface area (TPSA) is 66.8 Å². The van der Waals surface area contributed by atoms with Gasteiger partial charge in [0.15, 0.2) is 6.29 Å². The summed E-state index contributed by atoms with van der Waals surface area (Å²) in [6.07, 6.45) is 0.511. The number of carbonyl (C=O) groups excluding carboxylic acids is 1. The van der Waals surface area contributed by atoms with E-state index < -0.39 is 0 Å². The van der Waals surface area contributed by atoms with Crippen LogP contribution < -0.4 is 4.74 Å². The maximum Gasteiger partial charge on any atom is 0.153 e. The van der Waals surface area contributed by atoms with Crippen LogP contribution in [0, 0.1) is 0 Å². The molecule has 0 aliphatic rings. The first kappa shape index (κ1) is 9.54. The quantitative estimate of drug-likeness (QED) is 0.675. The van der Waals surface area contributed by atoms with Crippen molar-refractivity contribution in [2.24, 2.45) is 0 Å². The number of rotatable bonds is 3. The molecule has 0 radical (unpaired) electrons. The van der Waals surface area contributed by atoms with Gasteiger partial charge in [0, 0.05) is 5.56 Å². The lowest BCUT2D eigenvalue weighted by atomic mass is 10.1. The predicted molar refractivity (Wildman–Crippen MR) is 46.0 cm³/mol. The SMILES string of the molecule is COc1cc(C=O)c(O)c(CO)c1. The highest BCUT2D eigenvalue weighted by molar-refractivity contribution is 5.81. The largest absolute Gasteiger partial charge is 0.507 e. The predicted octanol–water partition coefficient (Wildman–Crippen LogP) is 0.706. The Balaban J connectivity index is 3.28. The maximum absolute atomic E-state index is 10.5. The van der Waals surface area contributed by atoms with Gasteiger partial charge in [-0.05, 0) is 12.1 Å². The Kier molecular flexibility index (Phi) is 2.87. The molecule has 1 aromatic rings.